The van der Waals surface area contributed by atoms with Crippen LogP contribution in [0.2, 0.25) is 0 Å². The first-order valence-corrected chi connectivity index (χ1v) is 6.23. The molecule has 0 aliphatic carbocycles. The van der Waals surface area contributed by atoms with E-state index in [0.29, 0.717) is 6.04 Å². The fourth-order valence-corrected chi connectivity index (χ4v) is 2.34. The molecule has 0 saturated carbocycles. The highest BCUT2D eigenvalue weighted by atomic mass is 35.5. The summed E-state index contributed by atoms with van der Waals surface area (Å²) in [6.07, 6.45) is 2.10. The van der Waals surface area contributed by atoms with Gasteiger partial charge in [0.25, 0.3) is 5.91 Å². The van der Waals surface area contributed by atoms with Crippen LogP contribution >= 0.6 is 12.4 Å². The molecule has 0 atom stereocenters. The maximum Gasteiger partial charge on any atom is 0.253 e. The van der Waals surface area contributed by atoms with Crippen LogP contribution in [-0.4, -0.2) is 37.0 Å². The molecule has 0 aromatic heterocycles. The van der Waals surface area contributed by atoms with Crippen molar-refractivity contribution in [2.45, 2.75) is 25.8 Å². The molecule has 0 unspecified atom stereocenters. The summed E-state index contributed by atoms with van der Waals surface area (Å²) < 4.78 is 0. The minimum atomic E-state index is 0. The van der Waals surface area contributed by atoms with Crippen LogP contribution < -0.4 is 5.32 Å². The Kier molecular flexibility index (Phi) is 5.63. The van der Waals surface area contributed by atoms with E-state index in [0.717, 1.165) is 37.1 Å². The van der Waals surface area contributed by atoms with Gasteiger partial charge in [-0.3, -0.25) is 4.79 Å². The minimum absolute atomic E-state index is 0. The van der Waals surface area contributed by atoms with E-state index < -0.39 is 0 Å². The van der Waals surface area contributed by atoms with Crippen molar-refractivity contribution in [2.24, 2.45) is 0 Å². The van der Waals surface area contributed by atoms with Crippen LogP contribution in [-0.2, 0) is 0 Å². The van der Waals surface area contributed by atoms with E-state index in [-0.39, 0.29) is 18.3 Å². The van der Waals surface area contributed by atoms with Gasteiger partial charge in [0.15, 0.2) is 0 Å². The second-order valence-electron chi connectivity index (χ2n) is 4.77. The van der Waals surface area contributed by atoms with Crippen LogP contribution in [0.4, 0.5) is 0 Å². The second-order valence-corrected chi connectivity index (χ2v) is 4.77. The number of carbonyl (C=O) groups is 1. The van der Waals surface area contributed by atoms with Gasteiger partial charge in [0.1, 0.15) is 0 Å². The van der Waals surface area contributed by atoms with E-state index in [1.807, 2.05) is 43.1 Å². The van der Waals surface area contributed by atoms with Crippen molar-refractivity contribution < 1.29 is 4.79 Å². The highest BCUT2D eigenvalue weighted by Gasteiger charge is 2.22. The lowest BCUT2D eigenvalue weighted by Crippen LogP contribution is -2.43. The van der Waals surface area contributed by atoms with Gasteiger partial charge in [0, 0.05) is 18.7 Å². The summed E-state index contributed by atoms with van der Waals surface area (Å²) in [4.78, 5) is 14.2. The summed E-state index contributed by atoms with van der Waals surface area (Å²) in [6.45, 7) is 4.04. The molecule has 1 aromatic carbocycles. The first-order chi connectivity index (χ1) is 8.18. The summed E-state index contributed by atoms with van der Waals surface area (Å²) in [7, 11) is 1.92. The van der Waals surface area contributed by atoms with E-state index in [2.05, 4.69) is 5.32 Å². The van der Waals surface area contributed by atoms with Crippen molar-refractivity contribution in [2.75, 3.05) is 20.1 Å². The number of aryl methyl sites for hydroxylation is 1. The van der Waals surface area contributed by atoms with Crippen LogP contribution in [0.15, 0.2) is 24.3 Å². The molecule has 1 fully saturated rings. The molecule has 1 aliphatic rings. The Labute approximate surface area is 115 Å². The van der Waals surface area contributed by atoms with E-state index in [4.69, 9.17) is 0 Å². The molecule has 1 N–H and O–H groups in total. The molecular weight excluding hydrogens is 248 g/mol. The van der Waals surface area contributed by atoms with Gasteiger partial charge in [-0.05, 0) is 45.0 Å². The second kappa shape index (κ2) is 6.76. The third-order valence-corrected chi connectivity index (χ3v) is 3.44. The normalized spacial score (nSPS) is 15.9. The summed E-state index contributed by atoms with van der Waals surface area (Å²) >= 11 is 0. The smallest absolute Gasteiger partial charge is 0.253 e. The number of rotatable bonds is 2. The SMILES string of the molecule is Cc1cccc(C(=O)N(C)C2CCNCC2)c1.Cl. The summed E-state index contributed by atoms with van der Waals surface area (Å²) in [5.74, 6) is 0.139. The predicted molar refractivity (Wildman–Crippen MR) is 76.4 cm³/mol. The van der Waals surface area contributed by atoms with Crippen molar-refractivity contribution in [3.05, 3.63) is 35.4 Å². The number of benzene rings is 1. The average molecular weight is 269 g/mol. The van der Waals surface area contributed by atoms with Crippen LogP contribution in [0.3, 0.4) is 0 Å². The molecular formula is C14H21ClN2O. The zero-order valence-corrected chi connectivity index (χ0v) is 11.8. The lowest BCUT2D eigenvalue weighted by Gasteiger charge is -2.31. The summed E-state index contributed by atoms with van der Waals surface area (Å²) in [5, 5.41) is 3.32. The number of piperidine rings is 1. The van der Waals surface area contributed by atoms with Gasteiger partial charge in [0.05, 0.1) is 0 Å². The number of amides is 1. The van der Waals surface area contributed by atoms with Crippen molar-refractivity contribution in [1.29, 1.82) is 0 Å². The van der Waals surface area contributed by atoms with Gasteiger partial charge in [-0.15, -0.1) is 12.4 Å². The van der Waals surface area contributed by atoms with Crippen molar-refractivity contribution >= 4 is 18.3 Å². The van der Waals surface area contributed by atoms with Crippen LogP contribution in [0.25, 0.3) is 0 Å². The van der Waals surface area contributed by atoms with Crippen LogP contribution in [0.5, 0.6) is 0 Å². The average Bonchev–Trinajstić information content (AvgIpc) is 2.38. The quantitative estimate of drug-likeness (QED) is 0.892. The lowest BCUT2D eigenvalue weighted by molar-refractivity contribution is 0.0703. The topological polar surface area (TPSA) is 32.3 Å². The van der Waals surface area contributed by atoms with Crippen LogP contribution in [0, 0.1) is 6.92 Å². The highest BCUT2D eigenvalue weighted by molar-refractivity contribution is 5.94. The van der Waals surface area contributed by atoms with Gasteiger partial charge in [-0.2, -0.15) is 0 Å². The predicted octanol–water partition coefficient (Wildman–Crippen LogP) is 2.24. The molecule has 18 heavy (non-hydrogen) atoms. The Morgan fingerprint density at radius 2 is 2.00 bits per heavy atom. The molecule has 3 nitrogen and oxygen atoms in total. The van der Waals surface area contributed by atoms with Gasteiger partial charge in [-0.1, -0.05) is 17.7 Å². The molecule has 1 aliphatic heterocycles. The number of nitrogens with zero attached hydrogens (tertiary/aromatic N) is 1. The van der Waals surface area contributed by atoms with E-state index in [1.165, 1.54) is 0 Å². The first-order valence-electron chi connectivity index (χ1n) is 6.23. The lowest BCUT2D eigenvalue weighted by atomic mass is 10.0. The summed E-state index contributed by atoms with van der Waals surface area (Å²) in [6, 6.07) is 8.19. The largest absolute Gasteiger partial charge is 0.339 e. The Morgan fingerprint density at radius 1 is 1.33 bits per heavy atom. The number of hydrogen-bond acceptors (Lipinski definition) is 2. The van der Waals surface area contributed by atoms with Gasteiger partial charge in [-0.25, -0.2) is 0 Å². The maximum atomic E-state index is 12.3. The van der Waals surface area contributed by atoms with E-state index >= 15 is 0 Å². The Bertz CT molecular complexity index is 403. The van der Waals surface area contributed by atoms with Crippen molar-refractivity contribution in [1.82, 2.24) is 10.2 Å². The highest BCUT2D eigenvalue weighted by Crippen LogP contribution is 2.14. The molecule has 4 heteroatoms. The molecule has 100 valence electrons. The molecule has 1 saturated heterocycles. The monoisotopic (exact) mass is 268 g/mol. The minimum Gasteiger partial charge on any atom is -0.339 e. The fourth-order valence-electron chi connectivity index (χ4n) is 2.34. The van der Waals surface area contributed by atoms with Crippen molar-refractivity contribution in [3.63, 3.8) is 0 Å². The molecule has 2 rings (SSSR count). The third kappa shape index (κ3) is 3.47. The Balaban J connectivity index is 0.00000162. The van der Waals surface area contributed by atoms with E-state index in [9.17, 15) is 4.79 Å². The molecule has 0 bridgehead atoms. The number of halogens is 1. The zero-order chi connectivity index (χ0) is 12.3. The standard InChI is InChI=1S/C14H20N2O.ClH/c1-11-4-3-5-12(10-11)14(17)16(2)13-6-8-15-9-7-13;/h3-5,10,13,15H,6-9H2,1-2H3;1H. The number of nitrogens with one attached hydrogen (secondary N) is 1. The maximum absolute atomic E-state index is 12.3. The molecule has 0 radical (unpaired) electrons. The first kappa shape index (κ1) is 15.0. The molecule has 1 amide bonds. The van der Waals surface area contributed by atoms with Gasteiger partial charge in [0.2, 0.25) is 0 Å². The molecule has 0 spiro atoms. The molecule has 1 aromatic rings. The fraction of sp³-hybridized carbons (Fsp3) is 0.500. The molecule has 1 heterocycles. The third-order valence-electron chi connectivity index (χ3n) is 3.44. The zero-order valence-electron chi connectivity index (χ0n) is 11.0. The van der Waals surface area contributed by atoms with E-state index in [1.54, 1.807) is 0 Å². The Morgan fingerprint density at radius 3 is 2.61 bits per heavy atom. The van der Waals surface area contributed by atoms with Gasteiger partial charge < -0.3 is 10.2 Å². The number of carbonyl (C=O) groups excluding carboxylic acids is 1. The van der Waals surface area contributed by atoms with Crippen molar-refractivity contribution in [3.8, 4) is 0 Å². The Hall–Kier alpha value is -1.06. The van der Waals surface area contributed by atoms with Gasteiger partial charge >= 0.3 is 0 Å². The van der Waals surface area contributed by atoms with Crippen LogP contribution in [0.1, 0.15) is 28.8 Å². The number of hydrogen-bond donors (Lipinski definition) is 1. The summed E-state index contributed by atoms with van der Waals surface area (Å²) in [5.41, 5.74) is 1.93.